The van der Waals surface area contributed by atoms with E-state index in [1.165, 1.54) is 19.3 Å². The molecule has 2 atom stereocenters. The van der Waals surface area contributed by atoms with Gasteiger partial charge >= 0.3 is 0 Å². The van der Waals surface area contributed by atoms with Gasteiger partial charge in [-0.25, -0.2) is 0 Å². The third-order valence-electron chi connectivity index (χ3n) is 2.28. The zero-order valence-electron chi connectivity index (χ0n) is 6.42. The molecule has 10 heavy (non-hydrogen) atoms. The van der Waals surface area contributed by atoms with Crippen LogP contribution in [0.3, 0.4) is 0 Å². The molecule has 1 saturated carbocycles. The summed E-state index contributed by atoms with van der Waals surface area (Å²) in [7, 11) is 0. The Morgan fingerprint density at radius 1 is 1.00 bits per heavy atom. The Balaban J connectivity index is 2.28. The largest absolute Gasteiger partial charge is 0.392 e. The van der Waals surface area contributed by atoms with Gasteiger partial charge < -0.3 is 10.8 Å². The first kappa shape index (κ1) is 8.02. The monoisotopic (exact) mass is 143 g/mol. The van der Waals surface area contributed by atoms with E-state index >= 15 is 0 Å². The van der Waals surface area contributed by atoms with Gasteiger partial charge in [0.15, 0.2) is 0 Å². The zero-order valence-corrected chi connectivity index (χ0v) is 6.42. The van der Waals surface area contributed by atoms with Crippen molar-refractivity contribution in [2.75, 3.05) is 0 Å². The lowest BCUT2D eigenvalue weighted by atomic mass is 9.95. The third-order valence-corrected chi connectivity index (χ3v) is 2.28. The van der Waals surface area contributed by atoms with Gasteiger partial charge in [-0.05, 0) is 12.8 Å². The van der Waals surface area contributed by atoms with Gasteiger partial charge in [0, 0.05) is 6.04 Å². The molecular formula is C8H17NO. The van der Waals surface area contributed by atoms with Gasteiger partial charge in [0.1, 0.15) is 0 Å². The molecule has 0 unspecified atom stereocenters. The van der Waals surface area contributed by atoms with Gasteiger partial charge in [0.05, 0.1) is 6.10 Å². The van der Waals surface area contributed by atoms with E-state index in [0.29, 0.717) is 0 Å². The van der Waals surface area contributed by atoms with Crippen molar-refractivity contribution in [1.82, 2.24) is 0 Å². The number of rotatable bonds is 0. The molecule has 0 aromatic carbocycles. The number of aliphatic hydroxyl groups is 1. The fourth-order valence-corrected chi connectivity index (χ4v) is 1.49. The molecule has 0 amide bonds. The van der Waals surface area contributed by atoms with Crippen LogP contribution in [0.5, 0.6) is 0 Å². The Labute approximate surface area is 62.4 Å². The number of aliphatic hydroxyl groups excluding tert-OH is 1. The van der Waals surface area contributed by atoms with Crippen LogP contribution in [-0.4, -0.2) is 17.3 Å². The summed E-state index contributed by atoms with van der Waals surface area (Å²) in [4.78, 5) is 0. The van der Waals surface area contributed by atoms with E-state index in [1.807, 2.05) is 0 Å². The van der Waals surface area contributed by atoms with Gasteiger partial charge in [-0.15, -0.1) is 0 Å². The summed E-state index contributed by atoms with van der Waals surface area (Å²) >= 11 is 0. The molecule has 1 aliphatic carbocycles. The predicted octanol–water partition coefficient (Wildman–Crippen LogP) is 1.03. The van der Waals surface area contributed by atoms with Crippen molar-refractivity contribution >= 4 is 0 Å². The van der Waals surface area contributed by atoms with Crippen LogP contribution in [0.2, 0.25) is 0 Å². The van der Waals surface area contributed by atoms with E-state index in [-0.39, 0.29) is 12.1 Å². The van der Waals surface area contributed by atoms with E-state index in [2.05, 4.69) is 0 Å². The summed E-state index contributed by atoms with van der Waals surface area (Å²) < 4.78 is 0. The molecule has 1 fully saturated rings. The second kappa shape index (κ2) is 3.94. The molecule has 3 N–H and O–H groups in total. The fraction of sp³-hybridized carbons (Fsp3) is 1.00. The highest BCUT2D eigenvalue weighted by molar-refractivity contribution is 4.73. The first-order chi connectivity index (χ1) is 4.80. The lowest BCUT2D eigenvalue weighted by Gasteiger charge is -2.21. The van der Waals surface area contributed by atoms with Crippen molar-refractivity contribution in [1.29, 1.82) is 0 Å². The summed E-state index contributed by atoms with van der Waals surface area (Å²) in [5.74, 6) is 0. The van der Waals surface area contributed by atoms with Crippen LogP contribution in [-0.2, 0) is 0 Å². The van der Waals surface area contributed by atoms with Gasteiger partial charge in [0.25, 0.3) is 0 Å². The van der Waals surface area contributed by atoms with Gasteiger partial charge in [-0.2, -0.15) is 0 Å². The molecule has 0 aliphatic heterocycles. The van der Waals surface area contributed by atoms with E-state index in [9.17, 15) is 5.11 Å². The second-order valence-electron chi connectivity index (χ2n) is 3.22. The topological polar surface area (TPSA) is 46.2 Å². The normalized spacial score (nSPS) is 36.6. The molecule has 0 spiro atoms. The fourth-order valence-electron chi connectivity index (χ4n) is 1.49. The molecule has 0 radical (unpaired) electrons. The van der Waals surface area contributed by atoms with E-state index in [4.69, 9.17) is 5.73 Å². The minimum Gasteiger partial charge on any atom is -0.392 e. The quantitative estimate of drug-likeness (QED) is 0.532. The van der Waals surface area contributed by atoms with Gasteiger partial charge in [-0.1, -0.05) is 25.7 Å². The molecule has 0 saturated heterocycles. The Hall–Kier alpha value is -0.0800. The van der Waals surface area contributed by atoms with Crippen LogP contribution in [0, 0.1) is 0 Å². The van der Waals surface area contributed by atoms with E-state index in [1.54, 1.807) is 0 Å². The smallest absolute Gasteiger partial charge is 0.0691 e. The molecule has 0 aromatic heterocycles. The zero-order chi connectivity index (χ0) is 7.40. The molecule has 2 nitrogen and oxygen atoms in total. The SMILES string of the molecule is N[C@H]1CCCCCC[C@H]1O. The van der Waals surface area contributed by atoms with Gasteiger partial charge in [-0.3, -0.25) is 0 Å². The van der Waals surface area contributed by atoms with E-state index in [0.717, 1.165) is 19.3 Å². The van der Waals surface area contributed by atoms with Crippen LogP contribution in [0.1, 0.15) is 38.5 Å². The maximum Gasteiger partial charge on any atom is 0.0691 e. The van der Waals surface area contributed by atoms with Crippen molar-refractivity contribution in [2.24, 2.45) is 5.73 Å². The molecule has 2 heteroatoms. The first-order valence-corrected chi connectivity index (χ1v) is 4.24. The molecule has 0 aromatic rings. The lowest BCUT2D eigenvalue weighted by Crippen LogP contribution is -2.35. The van der Waals surface area contributed by atoms with Gasteiger partial charge in [0.2, 0.25) is 0 Å². The average Bonchev–Trinajstić information content (AvgIpc) is 1.92. The number of hydrogen-bond acceptors (Lipinski definition) is 2. The van der Waals surface area contributed by atoms with Crippen LogP contribution in [0.4, 0.5) is 0 Å². The molecule has 1 rings (SSSR count). The molecule has 60 valence electrons. The molecular weight excluding hydrogens is 126 g/mol. The van der Waals surface area contributed by atoms with Crippen molar-refractivity contribution in [3.8, 4) is 0 Å². The summed E-state index contributed by atoms with van der Waals surface area (Å²) in [5, 5.41) is 9.36. The Kier molecular flexibility index (Phi) is 3.16. The Morgan fingerprint density at radius 3 is 2.30 bits per heavy atom. The van der Waals surface area contributed by atoms with Crippen molar-refractivity contribution in [3.05, 3.63) is 0 Å². The highest BCUT2D eigenvalue weighted by Crippen LogP contribution is 2.15. The maximum atomic E-state index is 9.36. The van der Waals surface area contributed by atoms with E-state index < -0.39 is 0 Å². The minimum absolute atomic E-state index is 0.0419. The predicted molar refractivity (Wildman–Crippen MR) is 41.7 cm³/mol. The van der Waals surface area contributed by atoms with Crippen LogP contribution in [0.25, 0.3) is 0 Å². The van der Waals surface area contributed by atoms with Crippen LogP contribution in [0.15, 0.2) is 0 Å². The summed E-state index contributed by atoms with van der Waals surface area (Å²) in [5.41, 5.74) is 5.70. The minimum atomic E-state index is -0.236. The number of hydrogen-bond donors (Lipinski definition) is 2. The molecule has 0 bridgehead atoms. The first-order valence-electron chi connectivity index (χ1n) is 4.24. The molecule has 0 heterocycles. The summed E-state index contributed by atoms with van der Waals surface area (Å²) in [6, 6.07) is 0.0419. The van der Waals surface area contributed by atoms with Crippen LogP contribution >= 0.6 is 0 Å². The lowest BCUT2D eigenvalue weighted by molar-refractivity contribution is 0.121. The van der Waals surface area contributed by atoms with Crippen molar-refractivity contribution < 1.29 is 5.11 Å². The highest BCUT2D eigenvalue weighted by atomic mass is 16.3. The Bertz CT molecular complexity index is 83.3. The summed E-state index contributed by atoms with van der Waals surface area (Å²) in [6.07, 6.45) is 6.57. The van der Waals surface area contributed by atoms with Crippen LogP contribution < -0.4 is 5.73 Å². The number of nitrogens with two attached hydrogens (primary N) is 1. The summed E-state index contributed by atoms with van der Waals surface area (Å²) in [6.45, 7) is 0. The third kappa shape index (κ3) is 2.27. The maximum absolute atomic E-state index is 9.36. The molecule has 1 aliphatic rings. The standard InChI is InChI=1S/C8H17NO/c9-7-5-3-1-2-4-6-8(7)10/h7-8,10H,1-6,9H2/t7-,8+/m0/s1. The van der Waals surface area contributed by atoms with Crippen molar-refractivity contribution in [2.45, 2.75) is 50.7 Å². The Morgan fingerprint density at radius 2 is 1.60 bits per heavy atom. The second-order valence-corrected chi connectivity index (χ2v) is 3.22. The average molecular weight is 143 g/mol. The van der Waals surface area contributed by atoms with Crippen molar-refractivity contribution in [3.63, 3.8) is 0 Å². The highest BCUT2D eigenvalue weighted by Gasteiger charge is 2.15.